The van der Waals surface area contributed by atoms with Gasteiger partial charge < -0.3 is 5.73 Å². The van der Waals surface area contributed by atoms with Gasteiger partial charge in [-0.05, 0) is 18.9 Å². The van der Waals surface area contributed by atoms with E-state index in [1.165, 1.54) is 0 Å². The van der Waals surface area contributed by atoms with Gasteiger partial charge in [0.1, 0.15) is 0 Å². The Labute approximate surface area is 79.8 Å². The zero-order valence-corrected chi connectivity index (χ0v) is 8.22. The van der Waals surface area contributed by atoms with E-state index in [2.05, 4.69) is 13.2 Å². The Kier molecular flexibility index (Phi) is 6.15. The molecule has 0 aliphatic carbocycles. The normalized spacial score (nSPS) is 13.9. The van der Waals surface area contributed by atoms with Gasteiger partial charge in [0, 0.05) is 12.5 Å². The van der Waals surface area contributed by atoms with Gasteiger partial charge in [-0.3, -0.25) is 4.39 Å². The van der Waals surface area contributed by atoms with Gasteiger partial charge >= 0.3 is 0 Å². The molecule has 0 aromatic rings. The molecule has 0 aliphatic heterocycles. The Morgan fingerprint density at radius 2 is 2.23 bits per heavy atom. The molecule has 0 aromatic carbocycles. The van der Waals surface area contributed by atoms with E-state index in [-0.39, 0.29) is 12.6 Å². The van der Waals surface area contributed by atoms with Crippen LogP contribution in [0.15, 0.2) is 36.5 Å². The summed E-state index contributed by atoms with van der Waals surface area (Å²) in [6.07, 6.45) is 4.12. The van der Waals surface area contributed by atoms with Crippen molar-refractivity contribution in [3.05, 3.63) is 36.5 Å². The van der Waals surface area contributed by atoms with Crippen LogP contribution in [-0.4, -0.2) is 13.2 Å². The van der Waals surface area contributed by atoms with Gasteiger partial charge in [-0.15, -0.1) is 0 Å². The number of hydrogen-bond acceptors (Lipinski definition) is 1. The van der Waals surface area contributed by atoms with Crippen molar-refractivity contribution in [2.75, 3.05) is 13.2 Å². The van der Waals surface area contributed by atoms with Crippen LogP contribution in [0.3, 0.4) is 0 Å². The molecule has 0 saturated carbocycles. The standard InChI is InChI=1S/C11H18FN/c1-4-10(8-13)7-11(5-6-12)9(2)3/h4,7,11H,1-2,5-6,8,13H2,3H3. The van der Waals surface area contributed by atoms with Gasteiger partial charge in [0.05, 0.1) is 6.67 Å². The highest BCUT2D eigenvalue weighted by molar-refractivity contribution is 5.22. The first-order valence-corrected chi connectivity index (χ1v) is 4.40. The Morgan fingerprint density at radius 3 is 2.54 bits per heavy atom. The fourth-order valence-corrected chi connectivity index (χ4v) is 1.07. The lowest BCUT2D eigenvalue weighted by molar-refractivity contribution is 0.444. The van der Waals surface area contributed by atoms with Crippen LogP contribution >= 0.6 is 0 Å². The van der Waals surface area contributed by atoms with Gasteiger partial charge in [0.25, 0.3) is 0 Å². The largest absolute Gasteiger partial charge is 0.327 e. The summed E-state index contributed by atoms with van der Waals surface area (Å²) in [5.74, 6) is 0.0848. The minimum absolute atomic E-state index is 0.0848. The van der Waals surface area contributed by atoms with Crippen LogP contribution in [-0.2, 0) is 0 Å². The van der Waals surface area contributed by atoms with Crippen LogP contribution in [0.1, 0.15) is 13.3 Å². The van der Waals surface area contributed by atoms with Crippen LogP contribution in [0.4, 0.5) is 4.39 Å². The SMILES string of the molecule is C=CC(=CC(CCF)C(=C)C)CN. The first-order chi connectivity index (χ1) is 6.15. The van der Waals surface area contributed by atoms with Crippen molar-refractivity contribution < 1.29 is 4.39 Å². The summed E-state index contributed by atoms with van der Waals surface area (Å²) in [6, 6.07) is 0. The lowest BCUT2D eigenvalue weighted by Crippen LogP contribution is -2.05. The quantitative estimate of drug-likeness (QED) is 0.497. The third-order valence-electron chi connectivity index (χ3n) is 1.97. The van der Waals surface area contributed by atoms with Crippen LogP contribution in [0.25, 0.3) is 0 Å². The van der Waals surface area contributed by atoms with E-state index < -0.39 is 0 Å². The minimum atomic E-state index is -0.330. The molecule has 0 saturated heterocycles. The predicted octanol–water partition coefficient (Wildman–Crippen LogP) is 2.61. The smallest absolute Gasteiger partial charge is 0.0903 e. The summed E-state index contributed by atoms with van der Waals surface area (Å²) < 4.78 is 12.1. The highest BCUT2D eigenvalue weighted by Crippen LogP contribution is 2.17. The molecular weight excluding hydrogens is 165 g/mol. The van der Waals surface area contributed by atoms with Gasteiger partial charge in [0.15, 0.2) is 0 Å². The molecule has 1 atom stereocenters. The molecule has 0 bridgehead atoms. The highest BCUT2D eigenvalue weighted by atomic mass is 19.1. The maximum atomic E-state index is 12.1. The molecule has 0 radical (unpaired) electrons. The van der Waals surface area contributed by atoms with E-state index in [1.54, 1.807) is 6.08 Å². The summed E-state index contributed by atoms with van der Waals surface area (Å²) in [4.78, 5) is 0. The van der Waals surface area contributed by atoms with E-state index in [0.717, 1.165) is 11.1 Å². The molecule has 0 heterocycles. The second-order valence-electron chi connectivity index (χ2n) is 3.08. The Morgan fingerprint density at radius 1 is 1.62 bits per heavy atom. The molecule has 1 nitrogen and oxygen atoms in total. The summed E-state index contributed by atoms with van der Waals surface area (Å²) in [5.41, 5.74) is 7.37. The molecule has 0 amide bonds. The lowest BCUT2D eigenvalue weighted by atomic mass is 9.96. The van der Waals surface area contributed by atoms with Crippen molar-refractivity contribution in [3.8, 4) is 0 Å². The predicted molar refractivity (Wildman–Crippen MR) is 56.2 cm³/mol. The minimum Gasteiger partial charge on any atom is -0.327 e. The van der Waals surface area contributed by atoms with Gasteiger partial charge in [-0.25, -0.2) is 0 Å². The van der Waals surface area contributed by atoms with Crippen molar-refractivity contribution in [1.29, 1.82) is 0 Å². The van der Waals surface area contributed by atoms with E-state index in [0.29, 0.717) is 13.0 Å². The number of hydrogen-bond donors (Lipinski definition) is 1. The molecule has 0 fully saturated rings. The Bertz CT molecular complexity index is 206. The molecule has 1 unspecified atom stereocenters. The van der Waals surface area contributed by atoms with E-state index in [9.17, 15) is 4.39 Å². The zero-order chi connectivity index (χ0) is 10.3. The molecule has 2 N–H and O–H groups in total. The topological polar surface area (TPSA) is 26.0 Å². The second kappa shape index (κ2) is 6.61. The van der Waals surface area contributed by atoms with Crippen LogP contribution < -0.4 is 5.73 Å². The van der Waals surface area contributed by atoms with Crippen LogP contribution in [0.5, 0.6) is 0 Å². The average Bonchev–Trinajstić information content (AvgIpc) is 2.11. The van der Waals surface area contributed by atoms with E-state index in [4.69, 9.17) is 5.73 Å². The summed E-state index contributed by atoms with van der Waals surface area (Å²) in [5, 5.41) is 0. The van der Waals surface area contributed by atoms with Crippen molar-refractivity contribution in [1.82, 2.24) is 0 Å². The second-order valence-corrected chi connectivity index (χ2v) is 3.08. The van der Waals surface area contributed by atoms with Gasteiger partial charge in [-0.1, -0.05) is 30.9 Å². The number of nitrogens with two attached hydrogens (primary N) is 1. The fraction of sp³-hybridized carbons (Fsp3) is 0.455. The average molecular weight is 183 g/mol. The number of rotatable bonds is 6. The highest BCUT2D eigenvalue weighted by Gasteiger charge is 2.06. The molecule has 74 valence electrons. The van der Waals surface area contributed by atoms with Gasteiger partial charge in [-0.2, -0.15) is 0 Å². The molecule has 2 heteroatoms. The maximum Gasteiger partial charge on any atom is 0.0903 e. The molecule has 0 spiro atoms. The third kappa shape index (κ3) is 4.63. The van der Waals surface area contributed by atoms with E-state index in [1.807, 2.05) is 13.0 Å². The number of allylic oxidation sites excluding steroid dienone is 2. The summed E-state index contributed by atoms with van der Waals surface area (Å²) >= 11 is 0. The third-order valence-corrected chi connectivity index (χ3v) is 1.97. The summed E-state index contributed by atoms with van der Waals surface area (Å²) in [7, 11) is 0. The first kappa shape index (κ1) is 12.1. The van der Waals surface area contributed by atoms with Crippen molar-refractivity contribution in [2.24, 2.45) is 11.7 Å². The van der Waals surface area contributed by atoms with Crippen molar-refractivity contribution in [2.45, 2.75) is 13.3 Å². The molecule has 0 aliphatic rings. The Hall–Kier alpha value is -0.890. The van der Waals surface area contributed by atoms with Crippen molar-refractivity contribution >= 4 is 0 Å². The molecule has 0 rings (SSSR count). The summed E-state index contributed by atoms with van der Waals surface area (Å²) in [6.45, 7) is 9.45. The monoisotopic (exact) mass is 183 g/mol. The number of halogens is 1. The lowest BCUT2D eigenvalue weighted by Gasteiger charge is -2.11. The Balaban J connectivity index is 4.45. The van der Waals surface area contributed by atoms with E-state index >= 15 is 0 Å². The molecule has 13 heavy (non-hydrogen) atoms. The maximum absolute atomic E-state index is 12.1. The molecule has 0 aromatic heterocycles. The van der Waals surface area contributed by atoms with Crippen LogP contribution in [0.2, 0.25) is 0 Å². The van der Waals surface area contributed by atoms with Crippen molar-refractivity contribution in [3.63, 3.8) is 0 Å². The van der Waals surface area contributed by atoms with Crippen LogP contribution in [0, 0.1) is 5.92 Å². The first-order valence-electron chi connectivity index (χ1n) is 4.40. The fourth-order valence-electron chi connectivity index (χ4n) is 1.07. The number of alkyl halides is 1. The zero-order valence-electron chi connectivity index (χ0n) is 8.22. The van der Waals surface area contributed by atoms with Gasteiger partial charge in [0.2, 0.25) is 0 Å². The molecular formula is C11H18FN.